The van der Waals surface area contributed by atoms with E-state index < -0.39 is 5.92 Å². The highest BCUT2D eigenvalue weighted by molar-refractivity contribution is 5.88. The van der Waals surface area contributed by atoms with E-state index in [9.17, 15) is 10.1 Å². The lowest BCUT2D eigenvalue weighted by Gasteiger charge is -2.17. The fourth-order valence-electron chi connectivity index (χ4n) is 3.87. The molecule has 8 nitrogen and oxygen atoms in total. The molecule has 0 radical (unpaired) electrons. The first-order valence-corrected chi connectivity index (χ1v) is 10.1. The van der Waals surface area contributed by atoms with Crippen LogP contribution in [-0.4, -0.2) is 48.9 Å². The van der Waals surface area contributed by atoms with Gasteiger partial charge in [-0.25, -0.2) is 4.68 Å². The second-order valence-electron chi connectivity index (χ2n) is 7.80. The predicted octanol–water partition coefficient (Wildman–Crippen LogP) is 2.85. The van der Waals surface area contributed by atoms with E-state index in [4.69, 9.17) is 14.6 Å². The van der Waals surface area contributed by atoms with E-state index in [0.29, 0.717) is 34.1 Å². The van der Waals surface area contributed by atoms with Crippen molar-refractivity contribution in [3.63, 3.8) is 0 Å². The van der Waals surface area contributed by atoms with Gasteiger partial charge in [0.15, 0.2) is 0 Å². The number of Topliss-reactive ketones (excluding diaryl/α,β-unsaturated/α-hetero) is 1. The van der Waals surface area contributed by atoms with Crippen LogP contribution in [0.25, 0.3) is 0 Å². The molecule has 2 atom stereocenters. The Morgan fingerprint density at radius 2 is 1.97 bits per heavy atom. The van der Waals surface area contributed by atoms with E-state index in [1.54, 1.807) is 32.4 Å². The summed E-state index contributed by atoms with van der Waals surface area (Å²) >= 11 is 0. The summed E-state index contributed by atoms with van der Waals surface area (Å²) in [6.45, 7) is 7.22. The zero-order valence-electron chi connectivity index (χ0n) is 18.2. The summed E-state index contributed by atoms with van der Waals surface area (Å²) in [6.07, 6.45) is 0.913. The largest absolute Gasteiger partial charge is 0.497 e. The minimum atomic E-state index is -0.702. The quantitative estimate of drug-likeness (QED) is 0.689. The third-order valence-electron chi connectivity index (χ3n) is 5.24. The van der Waals surface area contributed by atoms with E-state index in [0.717, 1.165) is 19.5 Å². The van der Waals surface area contributed by atoms with E-state index in [-0.39, 0.29) is 17.9 Å². The van der Waals surface area contributed by atoms with Crippen molar-refractivity contribution < 1.29 is 14.3 Å². The smallest absolute Gasteiger partial charge is 0.143 e. The molecule has 0 spiro atoms. The molecular weight excluding hydrogens is 382 g/mol. The highest BCUT2D eigenvalue weighted by Crippen LogP contribution is 2.36. The number of nitriles is 1. The molecule has 0 amide bonds. The number of nitrogens with one attached hydrogen (secondary N) is 2. The number of benzene rings is 1. The molecule has 1 saturated heterocycles. The highest BCUT2D eigenvalue weighted by Gasteiger charge is 2.32. The van der Waals surface area contributed by atoms with Crippen LogP contribution in [0.5, 0.6) is 11.5 Å². The summed E-state index contributed by atoms with van der Waals surface area (Å²) in [6, 6.07) is 7.87. The van der Waals surface area contributed by atoms with Gasteiger partial charge in [0, 0.05) is 18.7 Å². The number of carbonyl (C=O) groups excluding carboxylic acids is 1. The summed E-state index contributed by atoms with van der Waals surface area (Å²) in [7, 11) is 3.13. The molecule has 0 bridgehead atoms. The lowest BCUT2D eigenvalue weighted by atomic mass is 9.89. The third-order valence-corrected chi connectivity index (χ3v) is 5.24. The summed E-state index contributed by atoms with van der Waals surface area (Å²) < 4.78 is 12.6. The van der Waals surface area contributed by atoms with Gasteiger partial charge in [0.2, 0.25) is 0 Å². The first kappa shape index (κ1) is 21.7. The van der Waals surface area contributed by atoms with Crippen LogP contribution in [0.4, 0.5) is 5.82 Å². The second kappa shape index (κ2) is 9.18. The van der Waals surface area contributed by atoms with Crippen LogP contribution < -0.4 is 20.1 Å². The van der Waals surface area contributed by atoms with Crippen LogP contribution >= 0.6 is 0 Å². The van der Waals surface area contributed by atoms with E-state index >= 15 is 0 Å². The van der Waals surface area contributed by atoms with Crippen LogP contribution in [0.15, 0.2) is 18.2 Å². The van der Waals surface area contributed by atoms with Gasteiger partial charge < -0.3 is 20.1 Å². The molecule has 0 saturated carbocycles. The monoisotopic (exact) mass is 411 g/mol. The highest BCUT2D eigenvalue weighted by atomic mass is 16.5. The Morgan fingerprint density at radius 3 is 2.43 bits per heavy atom. The number of nitrogens with zero attached hydrogens (tertiary/aromatic N) is 3. The summed E-state index contributed by atoms with van der Waals surface area (Å²) in [5, 5.41) is 21.6. The number of rotatable bonds is 8. The Bertz CT molecular complexity index is 932. The van der Waals surface area contributed by atoms with Gasteiger partial charge in [-0.1, -0.05) is 0 Å². The molecule has 3 rings (SSSR count). The molecule has 1 aliphatic heterocycles. The molecule has 2 unspecified atom stereocenters. The third kappa shape index (κ3) is 4.26. The number of aromatic nitrogens is 2. The average molecular weight is 412 g/mol. The number of anilines is 1. The SMILES string of the molecule is COc1cc(OC)cc(C(C(C)=O)c2nn(C3CCNC3)c(NC(C)C)c2C#N)c1. The Hall–Kier alpha value is -3.05. The van der Waals surface area contributed by atoms with Gasteiger partial charge in [-0.3, -0.25) is 4.79 Å². The summed E-state index contributed by atoms with van der Waals surface area (Å²) in [5.74, 6) is 1.01. The molecule has 30 heavy (non-hydrogen) atoms. The van der Waals surface area contributed by atoms with Gasteiger partial charge in [0.1, 0.15) is 34.7 Å². The Kier molecular flexibility index (Phi) is 6.63. The first-order valence-electron chi connectivity index (χ1n) is 10.1. The fraction of sp³-hybridized carbons (Fsp3) is 0.500. The van der Waals surface area contributed by atoms with Crippen molar-refractivity contribution in [1.29, 1.82) is 5.26 Å². The maximum absolute atomic E-state index is 12.8. The molecule has 2 N–H and O–H groups in total. The molecule has 0 aliphatic carbocycles. The van der Waals surface area contributed by atoms with Gasteiger partial charge >= 0.3 is 0 Å². The van der Waals surface area contributed by atoms with Gasteiger partial charge in [-0.2, -0.15) is 10.4 Å². The number of hydrogen-bond donors (Lipinski definition) is 2. The molecule has 2 heterocycles. The number of ether oxygens (including phenoxy) is 2. The molecule has 1 fully saturated rings. The zero-order valence-corrected chi connectivity index (χ0v) is 18.2. The Labute approximate surface area is 177 Å². The Morgan fingerprint density at radius 1 is 1.30 bits per heavy atom. The fourth-order valence-corrected chi connectivity index (χ4v) is 3.87. The molecule has 8 heteroatoms. The minimum absolute atomic E-state index is 0.105. The lowest BCUT2D eigenvalue weighted by molar-refractivity contribution is -0.117. The average Bonchev–Trinajstić information content (AvgIpc) is 3.35. The van der Waals surface area contributed by atoms with Crippen LogP contribution in [0.2, 0.25) is 0 Å². The molecule has 1 aliphatic rings. The minimum Gasteiger partial charge on any atom is -0.497 e. The van der Waals surface area contributed by atoms with E-state index in [1.165, 1.54) is 6.92 Å². The maximum Gasteiger partial charge on any atom is 0.143 e. The zero-order chi connectivity index (χ0) is 21.8. The number of methoxy groups -OCH3 is 2. The van der Waals surface area contributed by atoms with Crippen molar-refractivity contribution >= 4 is 11.6 Å². The first-order chi connectivity index (χ1) is 14.4. The number of ketones is 1. The van der Waals surface area contributed by atoms with Gasteiger partial charge in [-0.05, 0) is 51.4 Å². The predicted molar refractivity (Wildman–Crippen MR) is 114 cm³/mol. The standard InChI is InChI=1S/C22H29N5O3/c1-13(2)25-22-19(11-23)21(26-27(22)16-6-7-24-12-16)20(14(3)28)15-8-17(29-4)10-18(9-15)30-5/h8-10,13,16,20,24-25H,6-7,12H2,1-5H3. The van der Waals surface area contributed by atoms with Crippen molar-refractivity contribution in [2.24, 2.45) is 0 Å². The topological polar surface area (TPSA) is 101 Å². The van der Waals surface area contributed by atoms with Gasteiger partial charge in [0.05, 0.1) is 31.9 Å². The molecular formula is C22H29N5O3. The summed E-state index contributed by atoms with van der Waals surface area (Å²) in [5.41, 5.74) is 1.54. The number of hydrogen-bond acceptors (Lipinski definition) is 7. The van der Waals surface area contributed by atoms with E-state index in [1.807, 2.05) is 18.5 Å². The van der Waals surface area contributed by atoms with Crippen molar-refractivity contribution in [2.75, 3.05) is 32.6 Å². The Balaban J connectivity index is 2.20. The molecule has 160 valence electrons. The molecule has 1 aromatic heterocycles. The van der Waals surface area contributed by atoms with Crippen molar-refractivity contribution in [2.45, 2.75) is 45.2 Å². The van der Waals surface area contributed by atoms with E-state index in [2.05, 4.69) is 16.7 Å². The second-order valence-corrected chi connectivity index (χ2v) is 7.80. The maximum atomic E-state index is 12.8. The van der Waals surface area contributed by atoms with Crippen LogP contribution in [0.1, 0.15) is 56.0 Å². The normalized spacial score (nSPS) is 16.9. The van der Waals surface area contributed by atoms with Crippen molar-refractivity contribution in [3.8, 4) is 17.6 Å². The van der Waals surface area contributed by atoms with Crippen LogP contribution in [-0.2, 0) is 4.79 Å². The van der Waals surface area contributed by atoms with Gasteiger partial charge in [0.25, 0.3) is 0 Å². The lowest BCUT2D eigenvalue weighted by Crippen LogP contribution is -2.20. The molecule has 1 aromatic carbocycles. The van der Waals surface area contributed by atoms with Crippen LogP contribution in [0.3, 0.4) is 0 Å². The van der Waals surface area contributed by atoms with Crippen LogP contribution in [0, 0.1) is 11.3 Å². The summed E-state index contributed by atoms with van der Waals surface area (Å²) in [4.78, 5) is 12.8. The number of carbonyl (C=O) groups is 1. The van der Waals surface area contributed by atoms with Crippen molar-refractivity contribution in [3.05, 3.63) is 35.0 Å². The van der Waals surface area contributed by atoms with Gasteiger partial charge in [-0.15, -0.1) is 0 Å². The van der Waals surface area contributed by atoms with Crippen molar-refractivity contribution in [1.82, 2.24) is 15.1 Å². The molecule has 2 aromatic rings.